The predicted molar refractivity (Wildman–Crippen MR) is 88.9 cm³/mol. The molecule has 102 valence electrons. The third kappa shape index (κ3) is 2.76. The van der Waals surface area contributed by atoms with Gasteiger partial charge in [-0.25, -0.2) is 0 Å². The van der Waals surface area contributed by atoms with Gasteiger partial charge < -0.3 is 5.32 Å². The van der Waals surface area contributed by atoms with Crippen molar-refractivity contribution in [3.05, 3.63) is 50.4 Å². The van der Waals surface area contributed by atoms with E-state index in [0.29, 0.717) is 16.6 Å². The molecule has 1 N–H and O–H groups in total. The first-order valence-corrected chi connectivity index (χ1v) is 8.01. The van der Waals surface area contributed by atoms with Crippen molar-refractivity contribution in [3.8, 4) is 0 Å². The Morgan fingerprint density at radius 1 is 1.10 bits per heavy atom. The summed E-state index contributed by atoms with van der Waals surface area (Å²) in [6.07, 6.45) is 0. The quantitative estimate of drug-likeness (QED) is 0.655. The number of hydrogen-bond acceptors (Lipinski definition) is 4. The van der Waals surface area contributed by atoms with Gasteiger partial charge in [0, 0.05) is 11.0 Å². The standard InChI is InChI=1S/C13H8BrCl2N3S/c14-8-2-1-7(5-10(8)16)6-17-12-9(15)3-4-11-13(12)19-20-18-11/h1-5,17H,6H2. The molecule has 0 bridgehead atoms. The van der Waals surface area contributed by atoms with Crippen LogP contribution in [0.15, 0.2) is 34.8 Å². The fourth-order valence-corrected chi connectivity index (χ4v) is 3.05. The van der Waals surface area contributed by atoms with Crippen LogP contribution in [0.25, 0.3) is 11.0 Å². The summed E-state index contributed by atoms with van der Waals surface area (Å²) in [6, 6.07) is 9.51. The van der Waals surface area contributed by atoms with E-state index in [9.17, 15) is 0 Å². The highest BCUT2D eigenvalue weighted by Gasteiger charge is 2.09. The summed E-state index contributed by atoms with van der Waals surface area (Å²) < 4.78 is 9.36. The van der Waals surface area contributed by atoms with Crippen LogP contribution >= 0.6 is 50.9 Å². The first kappa shape index (κ1) is 14.1. The van der Waals surface area contributed by atoms with Crippen LogP contribution in [-0.4, -0.2) is 8.75 Å². The lowest BCUT2D eigenvalue weighted by atomic mass is 10.2. The van der Waals surface area contributed by atoms with E-state index in [1.165, 1.54) is 11.7 Å². The molecule has 0 spiro atoms. The van der Waals surface area contributed by atoms with E-state index in [2.05, 4.69) is 30.0 Å². The monoisotopic (exact) mass is 387 g/mol. The largest absolute Gasteiger partial charge is 0.378 e. The summed E-state index contributed by atoms with van der Waals surface area (Å²) in [5.74, 6) is 0. The number of rotatable bonds is 3. The molecule has 1 aromatic heterocycles. The molecule has 0 saturated carbocycles. The highest BCUT2D eigenvalue weighted by atomic mass is 79.9. The van der Waals surface area contributed by atoms with Crippen molar-refractivity contribution < 1.29 is 0 Å². The summed E-state index contributed by atoms with van der Waals surface area (Å²) in [6.45, 7) is 0.614. The molecule has 1 heterocycles. The average molecular weight is 389 g/mol. The number of benzene rings is 2. The number of halogens is 3. The van der Waals surface area contributed by atoms with Crippen molar-refractivity contribution in [1.29, 1.82) is 0 Å². The van der Waals surface area contributed by atoms with Gasteiger partial charge in [-0.15, -0.1) is 0 Å². The predicted octanol–water partition coefficient (Wildman–Crippen LogP) is 5.37. The molecule has 3 aromatic rings. The van der Waals surface area contributed by atoms with Gasteiger partial charge >= 0.3 is 0 Å². The van der Waals surface area contributed by atoms with E-state index in [1.54, 1.807) is 0 Å². The molecule has 0 aliphatic heterocycles. The summed E-state index contributed by atoms with van der Waals surface area (Å²) in [7, 11) is 0. The van der Waals surface area contributed by atoms with Gasteiger partial charge in [-0.05, 0) is 45.8 Å². The minimum atomic E-state index is 0.614. The molecule has 0 radical (unpaired) electrons. The van der Waals surface area contributed by atoms with Crippen LogP contribution in [0.2, 0.25) is 10.0 Å². The number of nitrogens with zero attached hydrogens (tertiary/aromatic N) is 2. The normalized spacial score (nSPS) is 10.9. The Hall–Kier alpha value is -0.880. The zero-order valence-corrected chi connectivity index (χ0v) is 13.9. The Balaban J connectivity index is 1.88. The minimum absolute atomic E-state index is 0.614. The summed E-state index contributed by atoms with van der Waals surface area (Å²) >= 11 is 16.9. The molecule has 20 heavy (non-hydrogen) atoms. The van der Waals surface area contributed by atoms with Gasteiger partial charge in [0.15, 0.2) is 0 Å². The Morgan fingerprint density at radius 2 is 1.95 bits per heavy atom. The van der Waals surface area contributed by atoms with Crippen LogP contribution in [0.5, 0.6) is 0 Å². The summed E-state index contributed by atoms with van der Waals surface area (Å²) in [5, 5.41) is 4.62. The van der Waals surface area contributed by atoms with Crippen LogP contribution in [0.3, 0.4) is 0 Å². The first-order valence-electron chi connectivity index (χ1n) is 5.74. The van der Waals surface area contributed by atoms with E-state index in [4.69, 9.17) is 23.2 Å². The highest BCUT2D eigenvalue weighted by molar-refractivity contribution is 9.10. The van der Waals surface area contributed by atoms with Crippen molar-refractivity contribution in [2.45, 2.75) is 6.54 Å². The van der Waals surface area contributed by atoms with Crippen LogP contribution in [0.1, 0.15) is 5.56 Å². The summed E-state index contributed by atoms with van der Waals surface area (Å²) in [4.78, 5) is 0. The molecular weight excluding hydrogens is 381 g/mol. The van der Waals surface area contributed by atoms with E-state index >= 15 is 0 Å². The van der Waals surface area contributed by atoms with Crippen molar-refractivity contribution in [3.63, 3.8) is 0 Å². The van der Waals surface area contributed by atoms with Crippen LogP contribution in [0, 0.1) is 0 Å². The van der Waals surface area contributed by atoms with Gasteiger partial charge in [0.1, 0.15) is 11.0 Å². The van der Waals surface area contributed by atoms with E-state index < -0.39 is 0 Å². The lowest BCUT2D eigenvalue weighted by Crippen LogP contribution is -2.00. The second kappa shape index (κ2) is 5.85. The molecule has 0 fully saturated rings. The maximum absolute atomic E-state index is 6.22. The van der Waals surface area contributed by atoms with Crippen molar-refractivity contribution in [2.24, 2.45) is 0 Å². The lowest BCUT2D eigenvalue weighted by Gasteiger charge is -2.09. The maximum atomic E-state index is 6.22. The van der Waals surface area contributed by atoms with Crippen molar-refractivity contribution in [1.82, 2.24) is 8.75 Å². The second-order valence-electron chi connectivity index (χ2n) is 4.16. The third-order valence-electron chi connectivity index (χ3n) is 2.83. The van der Waals surface area contributed by atoms with Crippen molar-refractivity contribution in [2.75, 3.05) is 5.32 Å². The zero-order chi connectivity index (χ0) is 14.1. The molecular formula is C13H8BrCl2N3S. The second-order valence-corrected chi connectivity index (χ2v) is 6.35. The van der Waals surface area contributed by atoms with Gasteiger partial charge in [-0.3, -0.25) is 0 Å². The van der Waals surface area contributed by atoms with E-state index in [-0.39, 0.29) is 0 Å². The molecule has 0 atom stereocenters. The Bertz CT molecular complexity index is 775. The minimum Gasteiger partial charge on any atom is -0.378 e. The van der Waals surface area contributed by atoms with Crippen LogP contribution in [0.4, 0.5) is 5.69 Å². The number of hydrogen-bond donors (Lipinski definition) is 1. The SMILES string of the molecule is Clc1cc(CNc2c(Cl)ccc3nsnc23)ccc1Br. The maximum Gasteiger partial charge on any atom is 0.129 e. The van der Waals surface area contributed by atoms with Gasteiger partial charge in [0.25, 0.3) is 0 Å². The number of aromatic nitrogens is 2. The zero-order valence-electron chi connectivity index (χ0n) is 10.0. The molecule has 0 unspecified atom stereocenters. The number of nitrogens with one attached hydrogen (secondary N) is 1. The van der Waals surface area contributed by atoms with Crippen LogP contribution in [-0.2, 0) is 6.54 Å². The Labute approximate surface area is 138 Å². The molecule has 0 aliphatic carbocycles. The fourth-order valence-electron chi connectivity index (χ4n) is 1.84. The average Bonchev–Trinajstić information content (AvgIpc) is 2.90. The van der Waals surface area contributed by atoms with E-state index in [1.807, 2.05) is 30.3 Å². The van der Waals surface area contributed by atoms with Gasteiger partial charge in [0.05, 0.1) is 27.5 Å². The highest BCUT2D eigenvalue weighted by Crippen LogP contribution is 2.30. The van der Waals surface area contributed by atoms with Crippen molar-refractivity contribution >= 4 is 67.6 Å². The van der Waals surface area contributed by atoms with Gasteiger partial charge in [0.2, 0.25) is 0 Å². The fraction of sp³-hybridized carbons (Fsp3) is 0.0769. The third-order valence-corrected chi connectivity index (χ3v) is 4.92. The molecule has 7 heteroatoms. The first-order chi connectivity index (χ1) is 9.65. The molecule has 2 aromatic carbocycles. The summed E-state index contributed by atoms with van der Waals surface area (Å²) in [5.41, 5.74) is 3.51. The number of fused-ring (bicyclic) bond motifs is 1. The molecule has 3 rings (SSSR count). The topological polar surface area (TPSA) is 37.8 Å². The molecule has 0 aliphatic rings. The molecule has 0 amide bonds. The lowest BCUT2D eigenvalue weighted by molar-refractivity contribution is 1.15. The Kier molecular flexibility index (Phi) is 4.12. The van der Waals surface area contributed by atoms with Crippen LogP contribution < -0.4 is 5.32 Å². The Morgan fingerprint density at radius 3 is 2.75 bits per heavy atom. The van der Waals surface area contributed by atoms with Gasteiger partial charge in [-0.1, -0.05) is 29.3 Å². The van der Waals surface area contributed by atoms with Gasteiger partial charge in [-0.2, -0.15) is 8.75 Å². The smallest absolute Gasteiger partial charge is 0.129 e. The number of anilines is 1. The molecule has 0 saturated heterocycles. The van der Waals surface area contributed by atoms with E-state index in [0.717, 1.165) is 26.8 Å². The molecule has 3 nitrogen and oxygen atoms in total.